The van der Waals surface area contributed by atoms with Gasteiger partial charge >= 0.3 is 0 Å². The van der Waals surface area contributed by atoms with Crippen molar-refractivity contribution in [3.63, 3.8) is 0 Å². The summed E-state index contributed by atoms with van der Waals surface area (Å²) in [6.07, 6.45) is 1.22. The number of rotatable bonds is 2. The van der Waals surface area contributed by atoms with Crippen molar-refractivity contribution in [2.45, 2.75) is 32.4 Å². The maximum Gasteiger partial charge on any atom is 0.123 e. The second-order valence-electron chi connectivity index (χ2n) is 4.63. The zero-order valence-electron chi connectivity index (χ0n) is 9.74. The van der Waals surface area contributed by atoms with Crippen LogP contribution in [0.4, 0.5) is 4.39 Å². The van der Waals surface area contributed by atoms with E-state index in [-0.39, 0.29) is 11.9 Å². The first-order chi connectivity index (χ1) is 7.65. The van der Waals surface area contributed by atoms with E-state index in [0.717, 1.165) is 18.7 Å². The van der Waals surface area contributed by atoms with E-state index in [2.05, 4.69) is 19.2 Å². The summed E-state index contributed by atoms with van der Waals surface area (Å²) in [7, 11) is 0. The molecular formula is C13H18FNO. The topological polar surface area (TPSA) is 21.3 Å². The van der Waals surface area contributed by atoms with Crippen LogP contribution in [0.15, 0.2) is 24.3 Å². The van der Waals surface area contributed by atoms with Crippen LogP contribution in [0.2, 0.25) is 0 Å². The predicted octanol–water partition coefficient (Wildman–Crippen LogP) is 2.59. The fourth-order valence-electron chi connectivity index (χ4n) is 2.03. The first-order valence-corrected chi connectivity index (χ1v) is 5.81. The molecule has 1 aromatic rings. The first-order valence-electron chi connectivity index (χ1n) is 5.81. The molecule has 1 heterocycles. The minimum Gasteiger partial charge on any atom is -0.490 e. The fraction of sp³-hybridized carbons (Fsp3) is 0.538. The largest absolute Gasteiger partial charge is 0.490 e. The highest BCUT2D eigenvalue weighted by molar-refractivity contribution is 5.22. The number of nitrogens with one attached hydrogen (secondary N) is 1. The number of ether oxygens (including phenoxy) is 1. The van der Waals surface area contributed by atoms with Crippen molar-refractivity contribution in [1.29, 1.82) is 0 Å². The predicted molar refractivity (Wildman–Crippen MR) is 62.1 cm³/mol. The maximum atomic E-state index is 12.7. The summed E-state index contributed by atoms with van der Waals surface area (Å²) in [5, 5.41) is 3.42. The van der Waals surface area contributed by atoms with E-state index in [4.69, 9.17) is 4.74 Å². The van der Waals surface area contributed by atoms with Crippen LogP contribution in [-0.4, -0.2) is 18.7 Å². The number of piperidine rings is 1. The van der Waals surface area contributed by atoms with Gasteiger partial charge in [0.1, 0.15) is 17.7 Å². The van der Waals surface area contributed by atoms with Crippen LogP contribution in [0.25, 0.3) is 0 Å². The van der Waals surface area contributed by atoms with Gasteiger partial charge in [-0.15, -0.1) is 0 Å². The van der Waals surface area contributed by atoms with E-state index < -0.39 is 0 Å². The van der Waals surface area contributed by atoms with E-state index >= 15 is 0 Å². The zero-order valence-corrected chi connectivity index (χ0v) is 9.74. The van der Waals surface area contributed by atoms with Crippen LogP contribution in [-0.2, 0) is 0 Å². The van der Waals surface area contributed by atoms with Gasteiger partial charge in [-0.1, -0.05) is 6.92 Å². The molecule has 1 fully saturated rings. The van der Waals surface area contributed by atoms with Gasteiger partial charge in [-0.2, -0.15) is 0 Å². The Morgan fingerprint density at radius 3 is 2.62 bits per heavy atom. The van der Waals surface area contributed by atoms with E-state index in [1.165, 1.54) is 12.1 Å². The van der Waals surface area contributed by atoms with E-state index in [9.17, 15) is 4.39 Å². The van der Waals surface area contributed by atoms with E-state index in [1.807, 2.05) is 0 Å². The summed E-state index contributed by atoms with van der Waals surface area (Å²) in [6, 6.07) is 6.74. The summed E-state index contributed by atoms with van der Waals surface area (Å²) >= 11 is 0. The average molecular weight is 223 g/mol. The van der Waals surface area contributed by atoms with Crippen LogP contribution in [0, 0.1) is 11.7 Å². The van der Waals surface area contributed by atoms with Crippen LogP contribution >= 0.6 is 0 Å². The van der Waals surface area contributed by atoms with Gasteiger partial charge in [0.2, 0.25) is 0 Å². The molecule has 0 aliphatic carbocycles. The van der Waals surface area contributed by atoms with Crippen molar-refractivity contribution in [2.24, 2.45) is 5.92 Å². The fourth-order valence-corrected chi connectivity index (χ4v) is 2.03. The molecule has 0 saturated carbocycles. The van der Waals surface area contributed by atoms with Gasteiger partial charge in [0.05, 0.1) is 0 Å². The third-order valence-electron chi connectivity index (χ3n) is 3.11. The Morgan fingerprint density at radius 2 is 1.94 bits per heavy atom. The molecule has 2 nitrogen and oxygen atoms in total. The van der Waals surface area contributed by atoms with Crippen molar-refractivity contribution in [3.05, 3.63) is 30.1 Å². The van der Waals surface area contributed by atoms with Gasteiger partial charge in [-0.3, -0.25) is 0 Å². The summed E-state index contributed by atoms with van der Waals surface area (Å²) in [5.74, 6) is 1.02. The van der Waals surface area contributed by atoms with Crippen molar-refractivity contribution in [1.82, 2.24) is 5.32 Å². The lowest BCUT2D eigenvalue weighted by molar-refractivity contribution is 0.0946. The summed E-state index contributed by atoms with van der Waals surface area (Å²) in [6.45, 7) is 5.31. The van der Waals surface area contributed by atoms with Crippen LogP contribution in [0.1, 0.15) is 20.3 Å². The molecule has 1 aliphatic rings. The molecule has 1 saturated heterocycles. The Morgan fingerprint density at radius 1 is 1.25 bits per heavy atom. The van der Waals surface area contributed by atoms with Crippen LogP contribution in [0.5, 0.6) is 5.75 Å². The molecule has 0 bridgehead atoms. The molecule has 3 unspecified atom stereocenters. The van der Waals surface area contributed by atoms with E-state index in [1.54, 1.807) is 12.1 Å². The highest BCUT2D eigenvalue weighted by atomic mass is 19.1. The second kappa shape index (κ2) is 4.83. The Balaban J connectivity index is 2.00. The molecule has 0 aromatic heterocycles. The van der Waals surface area contributed by atoms with Gasteiger partial charge in [0, 0.05) is 18.5 Å². The van der Waals surface area contributed by atoms with Crippen LogP contribution in [0.3, 0.4) is 0 Å². The molecule has 3 atom stereocenters. The average Bonchev–Trinajstić information content (AvgIpc) is 2.27. The summed E-state index contributed by atoms with van der Waals surface area (Å²) in [4.78, 5) is 0. The lowest BCUT2D eigenvalue weighted by Crippen LogP contribution is -2.46. The Hall–Kier alpha value is -1.09. The molecule has 16 heavy (non-hydrogen) atoms. The molecule has 0 radical (unpaired) electrons. The monoisotopic (exact) mass is 223 g/mol. The van der Waals surface area contributed by atoms with Crippen molar-refractivity contribution in [2.75, 3.05) is 6.54 Å². The Labute approximate surface area is 95.8 Å². The number of benzene rings is 1. The molecule has 0 amide bonds. The van der Waals surface area contributed by atoms with Gasteiger partial charge in [0.15, 0.2) is 0 Å². The zero-order chi connectivity index (χ0) is 11.5. The van der Waals surface area contributed by atoms with Crippen molar-refractivity contribution in [3.8, 4) is 5.75 Å². The quantitative estimate of drug-likeness (QED) is 0.832. The maximum absolute atomic E-state index is 12.7. The van der Waals surface area contributed by atoms with Gasteiger partial charge in [0.25, 0.3) is 0 Å². The molecule has 88 valence electrons. The lowest BCUT2D eigenvalue weighted by atomic mass is 9.94. The first kappa shape index (κ1) is 11.4. The van der Waals surface area contributed by atoms with Crippen molar-refractivity contribution >= 4 is 0 Å². The molecule has 1 N–H and O–H groups in total. The lowest BCUT2D eigenvalue weighted by Gasteiger charge is -2.33. The van der Waals surface area contributed by atoms with Crippen LogP contribution < -0.4 is 10.1 Å². The Bertz CT molecular complexity index is 338. The Kier molecular flexibility index (Phi) is 3.44. The summed E-state index contributed by atoms with van der Waals surface area (Å²) in [5.41, 5.74) is 0. The third kappa shape index (κ3) is 2.73. The van der Waals surface area contributed by atoms with Gasteiger partial charge in [-0.25, -0.2) is 4.39 Å². The minimum absolute atomic E-state index is 0.223. The highest BCUT2D eigenvalue weighted by Gasteiger charge is 2.26. The number of halogens is 1. The number of hydrogen-bond acceptors (Lipinski definition) is 2. The second-order valence-corrected chi connectivity index (χ2v) is 4.63. The summed E-state index contributed by atoms with van der Waals surface area (Å²) < 4.78 is 18.6. The standard InChI is InChI=1S/C13H18FNO/c1-9-8-15-10(2)7-13(9)16-12-5-3-11(14)4-6-12/h3-6,9-10,13,15H,7-8H2,1-2H3. The van der Waals surface area contributed by atoms with Gasteiger partial charge < -0.3 is 10.1 Å². The number of hydrogen-bond donors (Lipinski definition) is 1. The molecule has 1 aliphatic heterocycles. The van der Waals surface area contributed by atoms with Gasteiger partial charge in [-0.05, 0) is 37.6 Å². The molecular weight excluding hydrogens is 205 g/mol. The molecule has 2 rings (SSSR count). The molecule has 0 spiro atoms. The third-order valence-corrected chi connectivity index (χ3v) is 3.11. The SMILES string of the molecule is CC1CC(Oc2ccc(F)cc2)C(C)CN1. The molecule has 3 heteroatoms. The normalized spacial score (nSPS) is 30.1. The smallest absolute Gasteiger partial charge is 0.123 e. The minimum atomic E-state index is -0.223. The molecule has 1 aromatic carbocycles. The van der Waals surface area contributed by atoms with Crippen molar-refractivity contribution < 1.29 is 9.13 Å². The highest BCUT2D eigenvalue weighted by Crippen LogP contribution is 2.22. The van der Waals surface area contributed by atoms with E-state index in [0.29, 0.717) is 12.0 Å².